The first kappa shape index (κ1) is 19.1. The van der Waals surface area contributed by atoms with Gasteiger partial charge in [-0.05, 0) is 23.8 Å². The Morgan fingerprint density at radius 2 is 1.81 bits per heavy atom. The van der Waals surface area contributed by atoms with Gasteiger partial charge in [-0.15, -0.1) is 0 Å². The molecule has 0 N–H and O–H groups in total. The van der Waals surface area contributed by atoms with Crippen LogP contribution >= 0.6 is 0 Å². The van der Waals surface area contributed by atoms with Gasteiger partial charge in [-0.2, -0.15) is 8.78 Å². The van der Waals surface area contributed by atoms with Crippen LogP contribution in [0.15, 0.2) is 54.6 Å². The van der Waals surface area contributed by atoms with Crippen LogP contribution in [0.1, 0.15) is 15.9 Å². The Labute approximate surface area is 148 Å². The van der Waals surface area contributed by atoms with Crippen LogP contribution in [-0.2, 0) is 9.53 Å². The minimum Gasteiger partial charge on any atom is -0.493 e. The summed E-state index contributed by atoms with van der Waals surface area (Å²) in [7, 11) is 1.31. The Hall–Kier alpha value is -3.22. The normalized spacial score (nSPS) is 10.8. The monoisotopic (exact) mass is 362 g/mol. The van der Waals surface area contributed by atoms with E-state index < -0.39 is 12.6 Å². The third-order valence-corrected chi connectivity index (χ3v) is 3.26. The average Bonchev–Trinajstić information content (AvgIpc) is 2.65. The van der Waals surface area contributed by atoms with Gasteiger partial charge in [0.15, 0.2) is 23.9 Å². The molecule has 2 rings (SSSR count). The molecule has 2 aromatic rings. The summed E-state index contributed by atoms with van der Waals surface area (Å²) < 4.78 is 38.7. The van der Waals surface area contributed by atoms with E-state index in [1.54, 1.807) is 30.3 Å². The molecule has 0 bridgehead atoms. The predicted molar refractivity (Wildman–Crippen MR) is 90.4 cm³/mol. The molecule has 0 aliphatic heterocycles. The molecule has 0 saturated carbocycles. The van der Waals surface area contributed by atoms with Gasteiger partial charge in [-0.1, -0.05) is 36.4 Å². The van der Waals surface area contributed by atoms with E-state index in [1.807, 2.05) is 0 Å². The number of hydrogen-bond donors (Lipinski definition) is 0. The fourth-order valence-electron chi connectivity index (χ4n) is 2.04. The van der Waals surface area contributed by atoms with E-state index in [0.29, 0.717) is 11.1 Å². The quantitative estimate of drug-likeness (QED) is 0.407. The zero-order valence-corrected chi connectivity index (χ0v) is 13.9. The van der Waals surface area contributed by atoms with Crippen LogP contribution in [0.4, 0.5) is 8.78 Å². The van der Waals surface area contributed by atoms with E-state index in [0.717, 1.165) is 6.08 Å². The highest BCUT2D eigenvalue weighted by Crippen LogP contribution is 2.29. The van der Waals surface area contributed by atoms with Crippen molar-refractivity contribution in [2.45, 2.75) is 6.61 Å². The molecule has 0 atom stereocenters. The number of carbonyl (C=O) groups excluding carboxylic acids is 2. The molecule has 7 heteroatoms. The third kappa shape index (κ3) is 5.70. The molecule has 0 aliphatic carbocycles. The standard InChI is InChI=1S/C19H16F2O5/c1-24-17-11-13(7-9-16(17)26-19(20)21)8-10-18(23)25-12-15(22)14-5-3-2-4-6-14/h2-11,19H,12H2,1H3/b10-8+. The van der Waals surface area contributed by atoms with Gasteiger partial charge in [0.25, 0.3) is 0 Å². The molecule has 0 heterocycles. The van der Waals surface area contributed by atoms with Gasteiger partial charge in [0.05, 0.1) is 7.11 Å². The van der Waals surface area contributed by atoms with E-state index in [1.165, 1.54) is 31.4 Å². The fraction of sp³-hybridized carbons (Fsp3) is 0.158. The molecule has 0 aromatic heterocycles. The smallest absolute Gasteiger partial charge is 0.387 e. The number of rotatable bonds is 8. The lowest BCUT2D eigenvalue weighted by molar-refractivity contribution is -0.136. The van der Waals surface area contributed by atoms with Gasteiger partial charge in [0, 0.05) is 11.6 Å². The predicted octanol–water partition coefficient (Wildman–Crippen LogP) is 3.74. The van der Waals surface area contributed by atoms with E-state index in [-0.39, 0.29) is 23.9 Å². The van der Waals surface area contributed by atoms with Crippen LogP contribution in [-0.4, -0.2) is 32.1 Å². The molecule has 0 aliphatic rings. The number of methoxy groups -OCH3 is 1. The number of halogens is 2. The lowest BCUT2D eigenvalue weighted by Gasteiger charge is -2.10. The van der Waals surface area contributed by atoms with Gasteiger partial charge >= 0.3 is 12.6 Å². The van der Waals surface area contributed by atoms with Crippen molar-refractivity contribution in [1.82, 2.24) is 0 Å². The Balaban J connectivity index is 1.94. The first-order valence-corrected chi connectivity index (χ1v) is 7.55. The van der Waals surface area contributed by atoms with Gasteiger partial charge < -0.3 is 14.2 Å². The molecule has 0 amide bonds. The topological polar surface area (TPSA) is 61.8 Å². The average molecular weight is 362 g/mol. The van der Waals surface area contributed by atoms with Crippen LogP contribution in [0.2, 0.25) is 0 Å². The summed E-state index contributed by atoms with van der Waals surface area (Å²) in [5.41, 5.74) is 0.957. The summed E-state index contributed by atoms with van der Waals surface area (Å²) in [6.07, 6.45) is 2.53. The maximum absolute atomic E-state index is 12.3. The summed E-state index contributed by atoms with van der Waals surface area (Å²) in [6, 6.07) is 12.7. The van der Waals surface area contributed by atoms with Crippen molar-refractivity contribution in [3.8, 4) is 11.5 Å². The second-order valence-corrected chi connectivity index (χ2v) is 5.02. The van der Waals surface area contributed by atoms with Crippen LogP contribution in [0.3, 0.4) is 0 Å². The van der Waals surface area contributed by atoms with Crippen molar-refractivity contribution in [3.63, 3.8) is 0 Å². The van der Waals surface area contributed by atoms with Gasteiger partial charge in [-0.3, -0.25) is 4.79 Å². The molecule has 26 heavy (non-hydrogen) atoms. The van der Waals surface area contributed by atoms with E-state index in [4.69, 9.17) is 9.47 Å². The number of Topliss-reactive ketones (excluding diaryl/α,β-unsaturated/α-hetero) is 1. The van der Waals surface area contributed by atoms with Crippen molar-refractivity contribution in [2.24, 2.45) is 0 Å². The Morgan fingerprint density at radius 3 is 2.46 bits per heavy atom. The maximum Gasteiger partial charge on any atom is 0.387 e. The molecule has 0 radical (unpaired) electrons. The lowest BCUT2D eigenvalue weighted by Crippen LogP contribution is -2.12. The number of hydrogen-bond acceptors (Lipinski definition) is 5. The highest BCUT2D eigenvalue weighted by atomic mass is 19.3. The highest BCUT2D eigenvalue weighted by molar-refractivity contribution is 5.98. The van der Waals surface area contributed by atoms with E-state index >= 15 is 0 Å². The number of ether oxygens (including phenoxy) is 3. The van der Waals surface area contributed by atoms with Gasteiger partial charge in [-0.25, -0.2) is 4.79 Å². The first-order chi connectivity index (χ1) is 12.5. The molecular formula is C19H16F2O5. The summed E-state index contributed by atoms with van der Waals surface area (Å²) in [5.74, 6) is -1.04. The zero-order valence-electron chi connectivity index (χ0n) is 13.9. The second-order valence-electron chi connectivity index (χ2n) is 5.02. The summed E-state index contributed by atoms with van der Waals surface area (Å²) in [6.45, 7) is -3.35. The molecule has 0 saturated heterocycles. The van der Waals surface area contributed by atoms with Crippen molar-refractivity contribution in [2.75, 3.05) is 13.7 Å². The Kier molecular flexibility index (Phi) is 6.84. The Morgan fingerprint density at radius 1 is 1.08 bits per heavy atom. The van der Waals surface area contributed by atoms with Crippen LogP contribution in [0.25, 0.3) is 6.08 Å². The highest BCUT2D eigenvalue weighted by Gasteiger charge is 2.11. The SMILES string of the molecule is COc1cc(/C=C/C(=O)OCC(=O)c2ccccc2)ccc1OC(F)F. The number of esters is 1. The first-order valence-electron chi connectivity index (χ1n) is 7.55. The van der Waals surface area contributed by atoms with Crippen molar-refractivity contribution in [3.05, 3.63) is 65.7 Å². The zero-order chi connectivity index (χ0) is 18.9. The Bertz CT molecular complexity index is 788. The summed E-state index contributed by atoms with van der Waals surface area (Å²) in [5, 5.41) is 0. The van der Waals surface area contributed by atoms with E-state index in [2.05, 4.69) is 4.74 Å². The van der Waals surface area contributed by atoms with Crippen LogP contribution < -0.4 is 9.47 Å². The van der Waals surface area contributed by atoms with Gasteiger partial charge in [0.2, 0.25) is 0 Å². The number of alkyl halides is 2. The summed E-state index contributed by atoms with van der Waals surface area (Å²) >= 11 is 0. The minimum absolute atomic E-state index is 0.0973. The van der Waals surface area contributed by atoms with Crippen molar-refractivity contribution < 1.29 is 32.6 Å². The number of benzene rings is 2. The largest absolute Gasteiger partial charge is 0.493 e. The van der Waals surface area contributed by atoms with Gasteiger partial charge in [0.1, 0.15) is 0 Å². The van der Waals surface area contributed by atoms with Crippen LogP contribution in [0, 0.1) is 0 Å². The lowest BCUT2D eigenvalue weighted by atomic mass is 10.1. The molecule has 0 unspecified atom stereocenters. The minimum atomic E-state index is -2.97. The van der Waals surface area contributed by atoms with Crippen molar-refractivity contribution >= 4 is 17.8 Å². The van der Waals surface area contributed by atoms with Crippen molar-refractivity contribution in [1.29, 1.82) is 0 Å². The fourth-order valence-corrected chi connectivity index (χ4v) is 2.04. The summed E-state index contributed by atoms with van der Waals surface area (Å²) in [4.78, 5) is 23.5. The second kappa shape index (κ2) is 9.31. The van der Waals surface area contributed by atoms with Crippen LogP contribution in [0.5, 0.6) is 11.5 Å². The molecule has 5 nitrogen and oxygen atoms in total. The molecule has 136 valence electrons. The molecule has 2 aromatic carbocycles. The molecular weight excluding hydrogens is 346 g/mol. The third-order valence-electron chi connectivity index (χ3n) is 3.26. The maximum atomic E-state index is 12.3. The number of ketones is 1. The van der Waals surface area contributed by atoms with E-state index in [9.17, 15) is 18.4 Å². The molecule has 0 fully saturated rings. The molecule has 0 spiro atoms. The number of carbonyl (C=O) groups is 2.